The van der Waals surface area contributed by atoms with E-state index in [1.54, 1.807) is 19.1 Å². The zero-order chi connectivity index (χ0) is 18.0. The number of pyridine rings is 1. The second-order valence-electron chi connectivity index (χ2n) is 6.17. The minimum Gasteiger partial charge on any atom is -0.489 e. The van der Waals surface area contributed by atoms with Gasteiger partial charge >= 0.3 is 5.97 Å². The van der Waals surface area contributed by atoms with Gasteiger partial charge in [0.2, 0.25) is 0 Å². The number of hydrogen-bond acceptors (Lipinski definition) is 5. The lowest BCUT2D eigenvalue weighted by molar-refractivity contribution is -0.143. The number of carboxylic acid groups (broad SMARTS) is 1. The zero-order valence-corrected chi connectivity index (χ0v) is 14.5. The van der Waals surface area contributed by atoms with Gasteiger partial charge in [-0.15, -0.1) is 11.3 Å². The Balaban J connectivity index is 1.78. The van der Waals surface area contributed by atoms with Crippen molar-refractivity contribution in [1.82, 2.24) is 4.98 Å². The predicted octanol–water partition coefficient (Wildman–Crippen LogP) is 4.09. The maximum atomic E-state index is 13.4. The summed E-state index contributed by atoms with van der Waals surface area (Å²) in [6.07, 6.45) is 3.28. The summed E-state index contributed by atoms with van der Waals surface area (Å²) >= 11 is 0.879. The molecule has 0 bridgehead atoms. The molecule has 25 heavy (non-hydrogen) atoms. The lowest BCUT2D eigenvalue weighted by atomic mass is 9.87. The SMILES string of the molecule is Cc1nc(-c2sc(F)cc2C=O)ccc1O[C@H]1CCC[C@H](C(=O)O)C1. The van der Waals surface area contributed by atoms with Gasteiger partial charge in [0, 0.05) is 5.56 Å². The smallest absolute Gasteiger partial charge is 0.306 e. The lowest BCUT2D eigenvalue weighted by Crippen LogP contribution is -2.29. The number of hydrogen-bond donors (Lipinski definition) is 1. The van der Waals surface area contributed by atoms with Crippen LogP contribution in [0.25, 0.3) is 10.6 Å². The quantitative estimate of drug-likeness (QED) is 0.810. The van der Waals surface area contributed by atoms with Crippen LogP contribution >= 0.6 is 11.3 Å². The van der Waals surface area contributed by atoms with Gasteiger partial charge in [-0.1, -0.05) is 0 Å². The third kappa shape index (κ3) is 3.87. The molecule has 1 N–H and O–H groups in total. The van der Waals surface area contributed by atoms with Gasteiger partial charge in [-0.3, -0.25) is 9.59 Å². The number of carbonyl (C=O) groups is 2. The summed E-state index contributed by atoms with van der Waals surface area (Å²) in [7, 11) is 0. The molecule has 2 aromatic rings. The molecule has 1 saturated carbocycles. The average molecular weight is 363 g/mol. The van der Waals surface area contributed by atoms with E-state index in [1.165, 1.54) is 6.07 Å². The topological polar surface area (TPSA) is 76.5 Å². The number of aldehydes is 1. The van der Waals surface area contributed by atoms with Crippen molar-refractivity contribution in [3.63, 3.8) is 0 Å². The number of nitrogens with zero attached hydrogens (tertiary/aromatic N) is 1. The van der Waals surface area contributed by atoms with E-state index in [9.17, 15) is 14.0 Å². The van der Waals surface area contributed by atoms with Crippen LogP contribution in [0.1, 0.15) is 41.7 Å². The first-order valence-electron chi connectivity index (χ1n) is 8.10. The highest BCUT2D eigenvalue weighted by atomic mass is 32.1. The van der Waals surface area contributed by atoms with Crippen LogP contribution in [0.4, 0.5) is 4.39 Å². The first-order valence-corrected chi connectivity index (χ1v) is 8.91. The molecule has 1 aliphatic carbocycles. The Labute approximate surface area is 148 Å². The summed E-state index contributed by atoms with van der Waals surface area (Å²) in [5.41, 5.74) is 1.42. The van der Waals surface area contributed by atoms with Crippen LogP contribution < -0.4 is 4.74 Å². The molecule has 0 aliphatic heterocycles. The maximum absolute atomic E-state index is 13.4. The van der Waals surface area contributed by atoms with E-state index < -0.39 is 11.1 Å². The molecule has 0 aromatic carbocycles. The Bertz CT molecular complexity index is 804. The van der Waals surface area contributed by atoms with Gasteiger partial charge in [-0.25, -0.2) is 4.98 Å². The molecule has 3 rings (SSSR count). The van der Waals surface area contributed by atoms with Crippen LogP contribution in [0.3, 0.4) is 0 Å². The molecule has 0 spiro atoms. The minimum atomic E-state index is -0.778. The number of aryl methyl sites for hydroxylation is 1. The molecule has 5 nitrogen and oxygen atoms in total. The van der Waals surface area contributed by atoms with E-state index in [0.29, 0.717) is 41.1 Å². The molecule has 7 heteroatoms. The number of thiophene rings is 1. The van der Waals surface area contributed by atoms with Gasteiger partial charge in [0.05, 0.1) is 28.3 Å². The van der Waals surface area contributed by atoms with E-state index in [1.807, 2.05) is 0 Å². The van der Waals surface area contributed by atoms with E-state index in [4.69, 9.17) is 9.84 Å². The van der Waals surface area contributed by atoms with Gasteiger partial charge in [0.1, 0.15) is 5.75 Å². The van der Waals surface area contributed by atoms with Crippen LogP contribution in [-0.2, 0) is 4.79 Å². The first kappa shape index (κ1) is 17.5. The standard InChI is InChI=1S/C18H18FNO4S/c1-10-15(24-13-4-2-3-11(7-13)18(22)23)6-5-14(20-10)17-12(9-21)8-16(19)25-17/h5-6,8-9,11,13H,2-4,7H2,1H3,(H,22,23)/t11-,13-/m0/s1. The number of rotatable bonds is 5. The van der Waals surface area contributed by atoms with Gasteiger partial charge in [-0.05, 0) is 50.8 Å². The predicted molar refractivity (Wildman–Crippen MR) is 91.6 cm³/mol. The van der Waals surface area contributed by atoms with Crippen LogP contribution in [-0.4, -0.2) is 28.4 Å². The number of aromatic nitrogens is 1. The molecule has 0 saturated heterocycles. The number of halogens is 1. The van der Waals surface area contributed by atoms with Crippen molar-refractivity contribution < 1.29 is 23.8 Å². The van der Waals surface area contributed by atoms with E-state index in [0.717, 1.165) is 24.2 Å². The van der Waals surface area contributed by atoms with Crippen LogP contribution in [0.5, 0.6) is 5.75 Å². The fraction of sp³-hybridized carbons (Fsp3) is 0.389. The third-order valence-electron chi connectivity index (χ3n) is 4.40. The van der Waals surface area contributed by atoms with Crippen LogP contribution in [0.2, 0.25) is 0 Å². The number of carboxylic acids is 1. The van der Waals surface area contributed by atoms with Crippen molar-refractivity contribution in [2.75, 3.05) is 0 Å². The van der Waals surface area contributed by atoms with Crippen LogP contribution in [0, 0.1) is 18.0 Å². The largest absolute Gasteiger partial charge is 0.489 e. The summed E-state index contributed by atoms with van der Waals surface area (Å²) in [5, 5.41) is 8.73. The molecule has 1 fully saturated rings. The van der Waals surface area contributed by atoms with Crippen molar-refractivity contribution in [2.24, 2.45) is 5.92 Å². The van der Waals surface area contributed by atoms with Gasteiger partial charge in [-0.2, -0.15) is 4.39 Å². The van der Waals surface area contributed by atoms with Crippen molar-refractivity contribution in [1.29, 1.82) is 0 Å². The molecule has 0 unspecified atom stereocenters. The molecule has 132 valence electrons. The molecular weight excluding hydrogens is 345 g/mol. The van der Waals surface area contributed by atoms with Gasteiger partial charge in [0.25, 0.3) is 0 Å². The second kappa shape index (κ2) is 7.31. The average Bonchev–Trinajstić information content (AvgIpc) is 2.98. The Morgan fingerprint density at radius 3 is 2.92 bits per heavy atom. The highest BCUT2D eigenvalue weighted by Crippen LogP contribution is 2.33. The summed E-state index contributed by atoms with van der Waals surface area (Å²) in [4.78, 5) is 27.1. The number of aliphatic carboxylic acids is 1. The first-order chi connectivity index (χ1) is 12.0. The molecule has 0 amide bonds. The highest BCUT2D eigenvalue weighted by molar-refractivity contribution is 7.14. The molecule has 2 aromatic heterocycles. The molecular formula is C18H18FNO4S. The summed E-state index contributed by atoms with van der Waals surface area (Å²) < 4.78 is 19.4. The third-order valence-corrected chi connectivity index (χ3v) is 5.36. The van der Waals surface area contributed by atoms with E-state index in [2.05, 4.69) is 4.98 Å². The Kier molecular flexibility index (Phi) is 5.13. The molecule has 1 aliphatic rings. The fourth-order valence-corrected chi connectivity index (χ4v) is 3.94. The van der Waals surface area contributed by atoms with Gasteiger partial charge < -0.3 is 9.84 Å². The summed E-state index contributed by atoms with van der Waals surface area (Å²) in [5.74, 6) is -0.556. The molecule has 2 atom stereocenters. The zero-order valence-electron chi connectivity index (χ0n) is 13.7. The highest BCUT2D eigenvalue weighted by Gasteiger charge is 2.28. The van der Waals surface area contributed by atoms with E-state index >= 15 is 0 Å². The van der Waals surface area contributed by atoms with E-state index in [-0.39, 0.29) is 17.6 Å². The Morgan fingerprint density at radius 1 is 1.44 bits per heavy atom. The lowest BCUT2D eigenvalue weighted by Gasteiger charge is -2.27. The minimum absolute atomic E-state index is 0.147. The number of carbonyl (C=O) groups excluding carboxylic acids is 1. The maximum Gasteiger partial charge on any atom is 0.306 e. The molecule has 0 radical (unpaired) electrons. The summed E-state index contributed by atoms with van der Waals surface area (Å²) in [6, 6.07) is 4.63. The van der Waals surface area contributed by atoms with Crippen molar-refractivity contribution in [2.45, 2.75) is 38.7 Å². The fourth-order valence-electron chi connectivity index (χ4n) is 3.12. The van der Waals surface area contributed by atoms with Crippen molar-refractivity contribution in [3.8, 4) is 16.3 Å². The molecule has 2 heterocycles. The Hall–Kier alpha value is -2.28. The second-order valence-corrected chi connectivity index (χ2v) is 7.18. The Morgan fingerprint density at radius 2 is 2.24 bits per heavy atom. The number of ether oxygens (including phenoxy) is 1. The van der Waals surface area contributed by atoms with Crippen molar-refractivity contribution >= 4 is 23.6 Å². The monoisotopic (exact) mass is 363 g/mol. The normalized spacial score (nSPS) is 20.2. The van der Waals surface area contributed by atoms with Crippen LogP contribution in [0.15, 0.2) is 18.2 Å². The van der Waals surface area contributed by atoms with Gasteiger partial charge in [0.15, 0.2) is 11.4 Å². The summed E-state index contributed by atoms with van der Waals surface area (Å²) in [6.45, 7) is 1.78. The van der Waals surface area contributed by atoms with Crippen molar-refractivity contribution in [3.05, 3.63) is 34.6 Å².